The zero-order chi connectivity index (χ0) is 21.7. The number of allylic oxidation sites excluding steroid dienone is 2. The molecule has 0 saturated heterocycles. The van der Waals surface area contributed by atoms with Crippen molar-refractivity contribution in [3.8, 4) is 0 Å². The lowest BCUT2D eigenvalue weighted by Gasteiger charge is -2.49. The first kappa shape index (κ1) is 24.0. The van der Waals surface area contributed by atoms with Crippen molar-refractivity contribution >= 4 is 14.1 Å². The normalized spacial score (nSPS) is 23.1. The molecular weight excluding hydrogens is 380 g/mol. The molecule has 0 aromatic rings. The van der Waals surface area contributed by atoms with Crippen LogP contribution >= 0.6 is 0 Å². The third-order valence-electron chi connectivity index (χ3n) is 7.14. The Morgan fingerprint density at radius 3 is 2.10 bits per heavy atom. The summed E-state index contributed by atoms with van der Waals surface area (Å²) in [4.78, 5) is 13.3. The molecule has 0 aromatic carbocycles. The van der Waals surface area contributed by atoms with Crippen molar-refractivity contribution in [2.24, 2.45) is 5.41 Å². The maximum Gasteiger partial charge on any atom is 0.253 e. The van der Waals surface area contributed by atoms with Crippen molar-refractivity contribution in [2.75, 3.05) is 14.2 Å². The minimum Gasteiger partial charge on any atom is -0.409 e. The molecule has 0 aliphatic heterocycles. The van der Waals surface area contributed by atoms with Gasteiger partial charge in [-0.2, -0.15) is 0 Å². The summed E-state index contributed by atoms with van der Waals surface area (Å²) in [6.07, 6.45) is 10.8. The molecule has 162 valence electrons. The lowest BCUT2D eigenvalue weighted by molar-refractivity contribution is -0.183. The van der Waals surface area contributed by atoms with E-state index in [1.807, 2.05) is 18.2 Å². The summed E-state index contributed by atoms with van der Waals surface area (Å²) in [7, 11) is 1.11. The number of hydrogen-bond acceptors (Lipinski definition) is 4. The lowest BCUT2D eigenvalue weighted by atomic mass is 9.63. The van der Waals surface area contributed by atoms with Crippen LogP contribution in [0, 0.1) is 5.41 Å². The molecule has 0 spiro atoms. The molecule has 5 heteroatoms. The zero-order valence-corrected chi connectivity index (χ0v) is 19.9. The number of hydrogen-bond donors (Lipinski definition) is 0. The van der Waals surface area contributed by atoms with Crippen LogP contribution in [-0.2, 0) is 18.7 Å². The highest BCUT2D eigenvalue weighted by molar-refractivity contribution is 6.73. The molecule has 4 nitrogen and oxygen atoms in total. The van der Waals surface area contributed by atoms with Gasteiger partial charge in [0, 0.05) is 25.2 Å². The Labute approximate surface area is 177 Å². The van der Waals surface area contributed by atoms with Gasteiger partial charge < -0.3 is 13.9 Å². The number of methoxy groups -OCH3 is 2. The minimum absolute atomic E-state index is 0.101. The van der Waals surface area contributed by atoms with Gasteiger partial charge in [0.1, 0.15) is 0 Å². The number of ether oxygens (including phenoxy) is 2. The highest BCUT2D eigenvalue weighted by atomic mass is 28.4. The summed E-state index contributed by atoms with van der Waals surface area (Å²) in [5, 5.41) is 0. The van der Waals surface area contributed by atoms with Crippen LogP contribution in [0.15, 0.2) is 48.6 Å². The van der Waals surface area contributed by atoms with E-state index in [1.165, 1.54) is 14.2 Å². The van der Waals surface area contributed by atoms with Crippen LogP contribution in [0.1, 0.15) is 46.5 Å². The molecule has 0 amide bonds. The molecular formula is C24H38O4Si. The van der Waals surface area contributed by atoms with Crippen LogP contribution in [0.25, 0.3) is 0 Å². The van der Waals surface area contributed by atoms with Gasteiger partial charge in [0.2, 0.25) is 5.78 Å². The lowest BCUT2D eigenvalue weighted by Crippen LogP contribution is -2.52. The highest BCUT2D eigenvalue weighted by Gasteiger charge is 2.51. The fourth-order valence-electron chi connectivity index (χ4n) is 4.98. The Morgan fingerprint density at radius 1 is 1.10 bits per heavy atom. The Bertz CT molecular complexity index is 665. The van der Waals surface area contributed by atoms with Crippen molar-refractivity contribution in [3.05, 3.63) is 48.6 Å². The largest absolute Gasteiger partial charge is 0.409 e. The van der Waals surface area contributed by atoms with Crippen molar-refractivity contribution in [3.63, 3.8) is 0 Å². The summed E-state index contributed by atoms with van der Waals surface area (Å²) in [5.74, 6) is -1.43. The standard InChI is InChI=1S/C24H38O4Si/c1-8-15-23(16-9-2)17-13-19-20(14-18-24(26-6,27-7)21(19)25)22(23)28-29(10-3,11-4)12-5/h8-9,14,18,22H,1-2,10-13,15-17H2,3-7H3. The fraction of sp³-hybridized carbons (Fsp3) is 0.625. The highest BCUT2D eigenvalue weighted by Crippen LogP contribution is 2.51. The second kappa shape index (κ2) is 9.69. The molecule has 0 fully saturated rings. The number of rotatable bonds is 11. The van der Waals surface area contributed by atoms with Gasteiger partial charge in [0.15, 0.2) is 8.32 Å². The van der Waals surface area contributed by atoms with E-state index in [1.54, 1.807) is 6.08 Å². The van der Waals surface area contributed by atoms with E-state index in [9.17, 15) is 4.79 Å². The van der Waals surface area contributed by atoms with Crippen LogP contribution in [0.5, 0.6) is 0 Å². The van der Waals surface area contributed by atoms with E-state index in [0.717, 1.165) is 48.5 Å². The van der Waals surface area contributed by atoms with Gasteiger partial charge >= 0.3 is 0 Å². The summed E-state index contributed by atoms with van der Waals surface area (Å²) in [6.45, 7) is 14.8. The van der Waals surface area contributed by atoms with Crippen molar-refractivity contribution in [2.45, 2.75) is 76.5 Å². The van der Waals surface area contributed by atoms with E-state index < -0.39 is 14.1 Å². The zero-order valence-electron chi connectivity index (χ0n) is 18.9. The van der Waals surface area contributed by atoms with Crippen molar-refractivity contribution < 1.29 is 18.7 Å². The summed E-state index contributed by atoms with van der Waals surface area (Å²) in [6, 6.07) is 3.19. The van der Waals surface area contributed by atoms with E-state index in [4.69, 9.17) is 13.9 Å². The van der Waals surface area contributed by atoms with Crippen LogP contribution in [-0.4, -0.2) is 40.2 Å². The summed E-state index contributed by atoms with van der Waals surface area (Å²) >= 11 is 0. The first-order chi connectivity index (χ1) is 13.9. The van der Waals surface area contributed by atoms with Crippen LogP contribution in [0.4, 0.5) is 0 Å². The summed E-state index contributed by atoms with van der Waals surface area (Å²) < 4.78 is 18.1. The molecule has 1 unspecified atom stereocenters. The number of carbonyl (C=O) groups excluding carboxylic acids is 1. The molecule has 0 aromatic heterocycles. The van der Waals surface area contributed by atoms with Gasteiger partial charge in [-0.1, -0.05) is 39.0 Å². The predicted octanol–water partition coefficient (Wildman–Crippen LogP) is 5.73. The van der Waals surface area contributed by atoms with Crippen LogP contribution < -0.4 is 0 Å². The Balaban J connectivity index is 2.62. The first-order valence-corrected chi connectivity index (χ1v) is 13.4. The summed E-state index contributed by atoms with van der Waals surface area (Å²) in [5.41, 5.74) is 1.67. The van der Waals surface area contributed by atoms with Crippen LogP contribution in [0.3, 0.4) is 0 Å². The number of ketones is 1. The molecule has 0 heterocycles. The molecule has 0 bridgehead atoms. The molecule has 1 atom stereocenters. The number of carbonyl (C=O) groups is 1. The average molecular weight is 419 g/mol. The van der Waals surface area contributed by atoms with Crippen molar-refractivity contribution in [1.29, 1.82) is 0 Å². The topological polar surface area (TPSA) is 44.8 Å². The smallest absolute Gasteiger partial charge is 0.253 e. The monoisotopic (exact) mass is 418 g/mol. The quantitative estimate of drug-likeness (QED) is 0.244. The Morgan fingerprint density at radius 2 is 1.66 bits per heavy atom. The van der Waals surface area contributed by atoms with E-state index in [-0.39, 0.29) is 17.3 Å². The van der Waals surface area contributed by atoms with E-state index >= 15 is 0 Å². The van der Waals surface area contributed by atoms with E-state index in [2.05, 4.69) is 33.9 Å². The van der Waals surface area contributed by atoms with Crippen LogP contribution in [0.2, 0.25) is 18.1 Å². The van der Waals surface area contributed by atoms with Crippen molar-refractivity contribution in [1.82, 2.24) is 0 Å². The van der Waals surface area contributed by atoms with Gasteiger partial charge in [0.05, 0.1) is 6.10 Å². The second-order valence-electron chi connectivity index (χ2n) is 8.26. The molecule has 0 radical (unpaired) electrons. The Kier molecular flexibility index (Phi) is 8.02. The first-order valence-electron chi connectivity index (χ1n) is 10.8. The molecule has 2 aliphatic carbocycles. The number of Topliss-reactive ketones (excluding diaryl/α,β-unsaturated/α-hetero) is 1. The fourth-order valence-corrected chi connectivity index (χ4v) is 7.85. The van der Waals surface area contributed by atoms with Gasteiger partial charge in [-0.25, -0.2) is 0 Å². The minimum atomic E-state index is -1.91. The maximum absolute atomic E-state index is 13.3. The Hall–Kier alpha value is -1.27. The van der Waals surface area contributed by atoms with Gasteiger partial charge in [0.25, 0.3) is 5.79 Å². The second-order valence-corrected chi connectivity index (χ2v) is 13.0. The third kappa shape index (κ3) is 4.15. The third-order valence-corrected chi connectivity index (χ3v) is 11.7. The molecule has 29 heavy (non-hydrogen) atoms. The van der Waals surface area contributed by atoms with Gasteiger partial charge in [-0.3, -0.25) is 4.79 Å². The molecule has 2 aliphatic rings. The predicted molar refractivity (Wildman–Crippen MR) is 121 cm³/mol. The molecule has 2 rings (SSSR count). The maximum atomic E-state index is 13.3. The molecule has 0 saturated carbocycles. The van der Waals surface area contributed by atoms with Gasteiger partial charge in [-0.05, 0) is 55.5 Å². The van der Waals surface area contributed by atoms with E-state index in [0.29, 0.717) is 6.42 Å². The SMILES string of the molecule is C=CCC1(CC=C)CCC2=C(C=CC(OC)(OC)C2=O)C1O[Si](CC)(CC)CC. The molecule has 0 N–H and O–H groups in total. The average Bonchev–Trinajstić information content (AvgIpc) is 2.75. The van der Waals surface area contributed by atoms with Gasteiger partial charge in [-0.15, -0.1) is 13.2 Å².